The van der Waals surface area contributed by atoms with Crippen LogP contribution >= 0.6 is 0 Å². The van der Waals surface area contributed by atoms with E-state index in [9.17, 15) is 22.8 Å². The van der Waals surface area contributed by atoms with Gasteiger partial charge in [-0.3, -0.25) is 14.5 Å². The highest BCUT2D eigenvalue weighted by Crippen LogP contribution is 2.30. The highest BCUT2D eigenvalue weighted by Gasteiger charge is 2.53. The van der Waals surface area contributed by atoms with Gasteiger partial charge in [-0.1, -0.05) is 30.3 Å². The average molecular weight is 379 g/mol. The van der Waals surface area contributed by atoms with E-state index in [1.165, 1.54) is 0 Å². The predicted molar refractivity (Wildman–Crippen MR) is 93.9 cm³/mol. The third-order valence-corrected chi connectivity index (χ3v) is 6.56. The molecule has 9 heteroatoms. The largest absolute Gasteiger partial charge is 0.348 e. The van der Waals surface area contributed by atoms with E-state index < -0.39 is 39.8 Å². The smallest absolute Gasteiger partial charge is 0.325 e. The SMILES string of the molecule is CC(NC(=O)CN1C(=O)NC2(CCS(=O)(=O)CC2)C1=O)c1ccccc1. The molecule has 3 rings (SSSR count). The number of benzene rings is 1. The molecule has 2 aliphatic heterocycles. The summed E-state index contributed by atoms with van der Waals surface area (Å²) in [5.74, 6) is -1.28. The second kappa shape index (κ2) is 6.71. The van der Waals surface area contributed by atoms with Gasteiger partial charge in [0.2, 0.25) is 5.91 Å². The van der Waals surface area contributed by atoms with Crippen molar-refractivity contribution in [2.24, 2.45) is 0 Å². The Morgan fingerprint density at radius 3 is 2.46 bits per heavy atom. The number of carbonyl (C=O) groups is 3. The maximum atomic E-state index is 12.7. The average Bonchev–Trinajstić information content (AvgIpc) is 2.83. The molecule has 4 amide bonds. The van der Waals surface area contributed by atoms with Crippen molar-refractivity contribution in [1.82, 2.24) is 15.5 Å². The summed E-state index contributed by atoms with van der Waals surface area (Å²) in [4.78, 5) is 38.0. The molecule has 2 N–H and O–H groups in total. The number of carbonyl (C=O) groups excluding carboxylic acids is 3. The first-order valence-electron chi connectivity index (χ1n) is 8.41. The van der Waals surface area contributed by atoms with Gasteiger partial charge in [0.25, 0.3) is 5.91 Å². The molecule has 0 aromatic heterocycles. The van der Waals surface area contributed by atoms with E-state index >= 15 is 0 Å². The van der Waals surface area contributed by atoms with Gasteiger partial charge in [0.15, 0.2) is 9.84 Å². The lowest BCUT2D eigenvalue weighted by atomic mass is 9.92. The van der Waals surface area contributed by atoms with Crippen molar-refractivity contribution in [2.45, 2.75) is 31.3 Å². The van der Waals surface area contributed by atoms with Crippen LogP contribution in [0.15, 0.2) is 30.3 Å². The summed E-state index contributed by atoms with van der Waals surface area (Å²) >= 11 is 0. The lowest BCUT2D eigenvalue weighted by Crippen LogP contribution is -2.52. The Labute approximate surface area is 151 Å². The van der Waals surface area contributed by atoms with Crippen molar-refractivity contribution in [2.75, 3.05) is 18.1 Å². The summed E-state index contributed by atoms with van der Waals surface area (Å²) < 4.78 is 23.2. The second-order valence-corrected chi connectivity index (χ2v) is 9.06. The van der Waals surface area contributed by atoms with E-state index in [1.807, 2.05) is 37.3 Å². The Morgan fingerprint density at radius 2 is 1.85 bits per heavy atom. The Hall–Kier alpha value is -2.42. The van der Waals surface area contributed by atoms with E-state index in [2.05, 4.69) is 10.6 Å². The molecular weight excluding hydrogens is 358 g/mol. The molecule has 1 aromatic carbocycles. The van der Waals surface area contributed by atoms with Gasteiger partial charge in [0.1, 0.15) is 12.1 Å². The normalized spacial score (nSPS) is 22.1. The molecule has 1 unspecified atom stereocenters. The maximum Gasteiger partial charge on any atom is 0.325 e. The highest BCUT2D eigenvalue weighted by molar-refractivity contribution is 7.91. The number of imide groups is 1. The van der Waals surface area contributed by atoms with Crippen LogP contribution < -0.4 is 10.6 Å². The zero-order chi connectivity index (χ0) is 18.9. The summed E-state index contributed by atoms with van der Waals surface area (Å²) in [6.45, 7) is 1.42. The van der Waals surface area contributed by atoms with Gasteiger partial charge in [-0.25, -0.2) is 13.2 Å². The number of hydrogen-bond donors (Lipinski definition) is 2. The lowest BCUT2D eigenvalue weighted by Gasteiger charge is -2.30. The summed E-state index contributed by atoms with van der Waals surface area (Å²) in [7, 11) is -3.18. The first kappa shape index (κ1) is 18.4. The molecule has 2 aliphatic rings. The van der Waals surface area contributed by atoms with Gasteiger partial charge in [-0.05, 0) is 25.3 Å². The lowest BCUT2D eigenvalue weighted by molar-refractivity contribution is -0.135. The molecule has 1 spiro atoms. The minimum absolute atomic E-state index is 0.0401. The number of amides is 4. The quantitative estimate of drug-likeness (QED) is 0.734. The third kappa shape index (κ3) is 3.57. The molecule has 2 fully saturated rings. The topological polar surface area (TPSA) is 113 Å². The van der Waals surface area contributed by atoms with Crippen LogP contribution in [0.2, 0.25) is 0 Å². The van der Waals surface area contributed by atoms with Crippen molar-refractivity contribution >= 4 is 27.7 Å². The minimum atomic E-state index is -3.18. The third-order valence-electron chi connectivity index (χ3n) is 4.90. The highest BCUT2D eigenvalue weighted by atomic mass is 32.2. The molecule has 1 aromatic rings. The maximum absolute atomic E-state index is 12.7. The standard InChI is InChI=1S/C17H21N3O5S/c1-12(13-5-3-2-4-6-13)18-14(21)11-20-15(22)17(19-16(20)23)7-9-26(24,25)10-8-17/h2-6,12H,7-11H2,1H3,(H,18,21)(H,19,23). The molecule has 0 saturated carbocycles. The number of urea groups is 1. The Bertz CT molecular complexity index is 823. The van der Waals surface area contributed by atoms with Crippen molar-refractivity contribution in [3.8, 4) is 0 Å². The zero-order valence-electron chi connectivity index (χ0n) is 14.4. The van der Waals surface area contributed by atoms with Crippen LogP contribution in [-0.2, 0) is 19.4 Å². The van der Waals surface area contributed by atoms with Gasteiger partial charge < -0.3 is 10.6 Å². The number of sulfone groups is 1. The van der Waals surface area contributed by atoms with Crippen molar-refractivity contribution in [3.63, 3.8) is 0 Å². The van der Waals surface area contributed by atoms with Crippen LogP contribution in [0, 0.1) is 0 Å². The van der Waals surface area contributed by atoms with E-state index in [4.69, 9.17) is 0 Å². The van der Waals surface area contributed by atoms with Gasteiger partial charge in [0.05, 0.1) is 17.5 Å². The number of rotatable bonds is 4. The molecule has 2 heterocycles. The first-order valence-corrected chi connectivity index (χ1v) is 10.2. The van der Waals surface area contributed by atoms with E-state index in [0.717, 1.165) is 10.5 Å². The number of nitrogens with one attached hydrogen (secondary N) is 2. The summed E-state index contributed by atoms with van der Waals surface area (Å²) in [5, 5.41) is 5.35. The van der Waals surface area contributed by atoms with Crippen LogP contribution in [0.4, 0.5) is 4.79 Å². The number of hydrogen-bond acceptors (Lipinski definition) is 5. The van der Waals surface area contributed by atoms with Gasteiger partial charge in [-0.2, -0.15) is 0 Å². The predicted octanol–water partition coefficient (Wildman–Crippen LogP) is 0.363. The van der Waals surface area contributed by atoms with Crippen LogP contribution in [0.5, 0.6) is 0 Å². The molecule has 0 bridgehead atoms. The van der Waals surface area contributed by atoms with Crippen LogP contribution in [0.25, 0.3) is 0 Å². The second-order valence-electron chi connectivity index (χ2n) is 6.76. The van der Waals surface area contributed by atoms with Crippen LogP contribution in [0.3, 0.4) is 0 Å². The van der Waals surface area contributed by atoms with Crippen molar-refractivity contribution in [3.05, 3.63) is 35.9 Å². The summed E-state index contributed by atoms with van der Waals surface area (Å²) in [6.07, 6.45) is 0.0802. The molecule has 8 nitrogen and oxygen atoms in total. The van der Waals surface area contributed by atoms with Gasteiger partial charge in [0, 0.05) is 0 Å². The number of nitrogens with zero attached hydrogens (tertiary/aromatic N) is 1. The summed E-state index contributed by atoms with van der Waals surface area (Å²) in [6, 6.07) is 8.41. The van der Waals surface area contributed by atoms with E-state index in [1.54, 1.807) is 0 Å². The van der Waals surface area contributed by atoms with Gasteiger partial charge in [-0.15, -0.1) is 0 Å². The van der Waals surface area contributed by atoms with E-state index in [0.29, 0.717) is 0 Å². The van der Waals surface area contributed by atoms with Crippen LogP contribution in [0.1, 0.15) is 31.4 Å². The molecule has 0 radical (unpaired) electrons. The fourth-order valence-electron chi connectivity index (χ4n) is 3.30. The zero-order valence-corrected chi connectivity index (χ0v) is 15.2. The molecule has 1 atom stereocenters. The van der Waals surface area contributed by atoms with Crippen LogP contribution in [-0.4, -0.2) is 54.8 Å². The van der Waals surface area contributed by atoms with Crippen molar-refractivity contribution < 1.29 is 22.8 Å². The molecule has 0 aliphatic carbocycles. The molecule has 140 valence electrons. The minimum Gasteiger partial charge on any atom is -0.348 e. The fraction of sp³-hybridized carbons (Fsp3) is 0.471. The van der Waals surface area contributed by atoms with Gasteiger partial charge >= 0.3 is 6.03 Å². The van der Waals surface area contributed by atoms with E-state index in [-0.39, 0.29) is 30.4 Å². The monoisotopic (exact) mass is 379 g/mol. The fourth-order valence-corrected chi connectivity index (χ4v) is 4.82. The molecule has 2 saturated heterocycles. The Kier molecular flexibility index (Phi) is 4.74. The summed E-state index contributed by atoms with van der Waals surface area (Å²) in [5.41, 5.74) is -0.291. The first-order chi connectivity index (χ1) is 12.2. The Morgan fingerprint density at radius 1 is 1.23 bits per heavy atom. The molecular formula is C17H21N3O5S. The van der Waals surface area contributed by atoms with Crippen molar-refractivity contribution in [1.29, 1.82) is 0 Å². The molecule has 26 heavy (non-hydrogen) atoms. The Balaban J connectivity index is 1.64.